The van der Waals surface area contributed by atoms with E-state index in [1.54, 1.807) is 42.2 Å². The van der Waals surface area contributed by atoms with E-state index in [1.807, 2.05) is 12.1 Å². The number of benzene rings is 2. The number of carbonyl (C=O) groups is 2. The molecule has 0 spiro atoms. The van der Waals surface area contributed by atoms with Crippen molar-refractivity contribution in [2.24, 2.45) is 0 Å². The standard InChI is InChI=1S/C29H24F4N6O4/c1-15(40)22-13-38(23-5-2-16(8-21(22)23)17-6-7-34-35-11-17)14-26(41)39-12-19(30)10-24(39)28(42)36-27-20-4-3-18(29(31,32)33)9-25(20)43-37-27/h2-9,11,13,15,19,24,40H,10,12,14H2,1H3,(H,36,37,42)/t15?,19-,24+/m1/s1. The molecule has 2 aromatic carbocycles. The summed E-state index contributed by atoms with van der Waals surface area (Å²) in [5.41, 5.74) is 1.75. The molecule has 222 valence electrons. The van der Waals surface area contributed by atoms with Crippen LogP contribution < -0.4 is 5.32 Å². The minimum absolute atomic E-state index is 0.125. The maximum Gasteiger partial charge on any atom is 0.416 e. The number of halogens is 4. The molecule has 0 radical (unpaired) electrons. The first-order chi connectivity index (χ1) is 20.5. The maximum absolute atomic E-state index is 14.6. The van der Waals surface area contributed by atoms with Crippen molar-refractivity contribution >= 4 is 39.5 Å². The van der Waals surface area contributed by atoms with Crippen LogP contribution in [0.4, 0.5) is 23.4 Å². The largest absolute Gasteiger partial charge is 0.416 e. The summed E-state index contributed by atoms with van der Waals surface area (Å²) in [6.07, 6.45) is -2.35. The SMILES string of the molecule is CC(O)c1cn(CC(=O)N2C[C@H](F)C[C@H]2C(=O)Nc2noc3cc(C(F)(F)F)ccc23)c2ccc(-c3ccnnc3)cc12. The summed E-state index contributed by atoms with van der Waals surface area (Å²) in [4.78, 5) is 27.8. The zero-order valence-corrected chi connectivity index (χ0v) is 22.5. The van der Waals surface area contributed by atoms with Gasteiger partial charge in [-0.05, 0) is 48.9 Å². The zero-order valence-electron chi connectivity index (χ0n) is 22.5. The van der Waals surface area contributed by atoms with Gasteiger partial charge in [0, 0.05) is 34.6 Å². The van der Waals surface area contributed by atoms with E-state index in [0.29, 0.717) is 16.5 Å². The molecule has 14 heteroatoms. The van der Waals surface area contributed by atoms with Crippen LogP contribution in [-0.2, 0) is 22.3 Å². The van der Waals surface area contributed by atoms with Crippen LogP contribution in [0.15, 0.2) is 65.6 Å². The summed E-state index contributed by atoms with van der Waals surface area (Å²) < 4.78 is 60.3. The summed E-state index contributed by atoms with van der Waals surface area (Å²) in [6, 6.07) is 8.84. The quantitative estimate of drug-likeness (QED) is 0.267. The van der Waals surface area contributed by atoms with Crippen molar-refractivity contribution in [3.05, 3.63) is 72.2 Å². The van der Waals surface area contributed by atoms with E-state index < -0.39 is 41.9 Å². The topological polar surface area (TPSA) is 126 Å². The van der Waals surface area contributed by atoms with E-state index >= 15 is 0 Å². The number of nitrogens with one attached hydrogen (secondary N) is 1. The number of likely N-dealkylation sites (tertiary alicyclic amines) is 1. The Morgan fingerprint density at radius 1 is 1.12 bits per heavy atom. The van der Waals surface area contributed by atoms with Crippen LogP contribution in [0.25, 0.3) is 33.0 Å². The van der Waals surface area contributed by atoms with Gasteiger partial charge in [-0.3, -0.25) is 9.59 Å². The molecule has 1 saturated heterocycles. The fourth-order valence-corrected chi connectivity index (χ4v) is 5.38. The van der Waals surface area contributed by atoms with Gasteiger partial charge in [0.25, 0.3) is 0 Å². The number of anilines is 1. The normalized spacial score (nSPS) is 18.0. The number of hydrogen-bond donors (Lipinski definition) is 2. The summed E-state index contributed by atoms with van der Waals surface area (Å²) in [5.74, 6) is -1.42. The number of aliphatic hydroxyl groups excluding tert-OH is 1. The Morgan fingerprint density at radius 2 is 1.93 bits per heavy atom. The van der Waals surface area contributed by atoms with Crippen molar-refractivity contribution in [3.8, 4) is 11.1 Å². The van der Waals surface area contributed by atoms with Crippen LogP contribution in [0.5, 0.6) is 0 Å². The monoisotopic (exact) mass is 596 g/mol. The third-order valence-electron chi connectivity index (χ3n) is 7.50. The lowest BCUT2D eigenvalue weighted by molar-refractivity contribution is -0.137. The lowest BCUT2D eigenvalue weighted by Gasteiger charge is -2.23. The van der Waals surface area contributed by atoms with Crippen molar-refractivity contribution in [2.75, 3.05) is 11.9 Å². The first kappa shape index (κ1) is 28.3. The average Bonchev–Trinajstić information content (AvgIpc) is 3.68. The third kappa shape index (κ3) is 5.41. The minimum atomic E-state index is -4.59. The molecule has 1 aliphatic heterocycles. The van der Waals surface area contributed by atoms with Crippen LogP contribution in [0.2, 0.25) is 0 Å². The Kier molecular flexibility index (Phi) is 7.08. The van der Waals surface area contributed by atoms with Crippen LogP contribution in [0.3, 0.4) is 0 Å². The van der Waals surface area contributed by atoms with E-state index in [9.17, 15) is 32.3 Å². The third-order valence-corrected chi connectivity index (χ3v) is 7.50. The number of carbonyl (C=O) groups excluding carboxylic acids is 2. The molecule has 0 saturated carbocycles. The van der Waals surface area contributed by atoms with Crippen molar-refractivity contribution in [3.63, 3.8) is 0 Å². The van der Waals surface area contributed by atoms with Gasteiger partial charge in [-0.15, -0.1) is 0 Å². The molecule has 10 nitrogen and oxygen atoms in total. The summed E-state index contributed by atoms with van der Waals surface area (Å²) in [6.45, 7) is 1.06. The van der Waals surface area contributed by atoms with Gasteiger partial charge in [-0.25, -0.2) is 4.39 Å². The number of fused-ring (bicyclic) bond motifs is 2. The summed E-state index contributed by atoms with van der Waals surface area (Å²) >= 11 is 0. The van der Waals surface area contributed by atoms with E-state index in [1.165, 1.54) is 0 Å². The molecule has 6 rings (SSSR count). The second-order valence-electron chi connectivity index (χ2n) is 10.4. The van der Waals surface area contributed by atoms with Gasteiger partial charge in [-0.1, -0.05) is 11.2 Å². The number of nitrogens with zero attached hydrogens (tertiary/aromatic N) is 5. The molecule has 2 amide bonds. The Bertz CT molecular complexity index is 1840. The van der Waals surface area contributed by atoms with E-state index in [4.69, 9.17) is 4.52 Å². The van der Waals surface area contributed by atoms with Gasteiger partial charge < -0.3 is 24.4 Å². The summed E-state index contributed by atoms with van der Waals surface area (Å²) in [5, 5.41) is 25.1. The Hall–Kier alpha value is -4.85. The van der Waals surface area contributed by atoms with Crippen LogP contribution in [0, 0.1) is 0 Å². The van der Waals surface area contributed by atoms with Gasteiger partial charge in [0.1, 0.15) is 18.8 Å². The number of aromatic nitrogens is 4. The predicted octanol–water partition coefficient (Wildman–Crippen LogP) is 4.89. The molecule has 0 aliphatic carbocycles. The molecule has 5 aromatic rings. The van der Waals surface area contributed by atoms with Crippen molar-refractivity contribution in [2.45, 2.75) is 44.4 Å². The van der Waals surface area contributed by atoms with E-state index in [0.717, 1.165) is 34.2 Å². The Morgan fingerprint density at radius 3 is 2.65 bits per heavy atom. The summed E-state index contributed by atoms with van der Waals surface area (Å²) in [7, 11) is 0. The molecule has 0 bridgehead atoms. The second kappa shape index (κ2) is 10.8. The van der Waals surface area contributed by atoms with Gasteiger partial charge in [-0.2, -0.15) is 23.4 Å². The van der Waals surface area contributed by atoms with Gasteiger partial charge >= 0.3 is 6.18 Å². The van der Waals surface area contributed by atoms with E-state index in [-0.39, 0.29) is 36.3 Å². The van der Waals surface area contributed by atoms with Gasteiger partial charge in [0.05, 0.1) is 36.0 Å². The molecule has 2 N–H and O–H groups in total. The number of rotatable bonds is 6. The predicted molar refractivity (Wildman–Crippen MR) is 146 cm³/mol. The number of amides is 2. The van der Waals surface area contributed by atoms with Crippen LogP contribution in [-0.4, -0.2) is 60.5 Å². The first-order valence-corrected chi connectivity index (χ1v) is 13.3. The first-order valence-electron chi connectivity index (χ1n) is 13.3. The van der Waals surface area contributed by atoms with Crippen molar-refractivity contribution in [1.82, 2.24) is 24.8 Å². The van der Waals surface area contributed by atoms with Crippen LogP contribution >= 0.6 is 0 Å². The molecule has 3 aromatic heterocycles. The van der Waals surface area contributed by atoms with Crippen LogP contribution in [0.1, 0.15) is 30.6 Å². The van der Waals surface area contributed by atoms with E-state index in [2.05, 4.69) is 20.7 Å². The van der Waals surface area contributed by atoms with Gasteiger partial charge in [0.15, 0.2) is 11.4 Å². The molecular weight excluding hydrogens is 572 g/mol. The molecule has 1 fully saturated rings. The molecule has 43 heavy (non-hydrogen) atoms. The fourth-order valence-electron chi connectivity index (χ4n) is 5.38. The number of alkyl halides is 4. The molecule has 1 unspecified atom stereocenters. The Balaban J connectivity index is 1.23. The average molecular weight is 597 g/mol. The molecule has 3 atom stereocenters. The number of hydrogen-bond acceptors (Lipinski definition) is 7. The lowest BCUT2D eigenvalue weighted by Crippen LogP contribution is -2.44. The highest BCUT2D eigenvalue weighted by atomic mass is 19.4. The lowest BCUT2D eigenvalue weighted by atomic mass is 10.0. The van der Waals surface area contributed by atoms with Crippen molar-refractivity contribution in [1.29, 1.82) is 0 Å². The fraction of sp³-hybridized carbons (Fsp3) is 0.276. The molecule has 4 heterocycles. The highest BCUT2D eigenvalue weighted by Gasteiger charge is 2.40. The highest BCUT2D eigenvalue weighted by Crippen LogP contribution is 2.34. The maximum atomic E-state index is 14.6. The molecular formula is C29H24F4N6O4. The van der Waals surface area contributed by atoms with Crippen molar-refractivity contribution < 1.29 is 36.8 Å². The minimum Gasteiger partial charge on any atom is -0.389 e. The molecule has 1 aliphatic rings. The highest BCUT2D eigenvalue weighted by molar-refractivity contribution is 6.02. The number of aliphatic hydroxyl groups is 1. The van der Waals surface area contributed by atoms with Gasteiger partial charge in [0.2, 0.25) is 11.8 Å². The second-order valence-corrected chi connectivity index (χ2v) is 10.4. The zero-order chi connectivity index (χ0) is 30.5. The smallest absolute Gasteiger partial charge is 0.389 e. The Labute approximate surface area is 240 Å².